The Hall–Kier alpha value is -3.38. The molecule has 0 atom stereocenters. The molecule has 0 aliphatic heterocycles. The number of carbonyl (C=O) groups excluding carboxylic acids is 1. The fourth-order valence-corrected chi connectivity index (χ4v) is 3.41. The number of hydrogen-bond acceptors (Lipinski definition) is 4. The van der Waals surface area contributed by atoms with Gasteiger partial charge in [-0.15, -0.1) is 0 Å². The molecule has 28 heavy (non-hydrogen) atoms. The number of nitrogens with zero attached hydrogens (tertiary/aromatic N) is 2. The largest absolute Gasteiger partial charge is 0.333 e. The van der Waals surface area contributed by atoms with E-state index < -0.39 is 0 Å². The highest BCUT2D eigenvalue weighted by atomic mass is 32.2. The molecule has 0 radical (unpaired) electrons. The van der Waals surface area contributed by atoms with Crippen LogP contribution in [0.5, 0.6) is 0 Å². The Morgan fingerprint density at radius 3 is 2.46 bits per heavy atom. The number of aromatic nitrogens is 2. The number of H-pyrrole nitrogens is 1. The Balaban J connectivity index is 1.28. The Kier molecular flexibility index (Phi) is 5.49. The van der Waals surface area contributed by atoms with Crippen LogP contribution in [0.15, 0.2) is 89.1 Å². The number of hydrogen-bond donors (Lipinski definition) is 2. The minimum Gasteiger partial charge on any atom is -0.333 e. The molecule has 4 rings (SSSR count). The van der Waals surface area contributed by atoms with Crippen LogP contribution in [-0.2, 0) is 4.79 Å². The first-order chi connectivity index (χ1) is 13.8. The normalized spacial score (nSPS) is 11.1. The predicted molar refractivity (Wildman–Crippen MR) is 114 cm³/mol. The van der Waals surface area contributed by atoms with Crippen molar-refractivity contribution in [1.82, 2.24) is 15.4 Å². The number of fused-ring (bicyclic) bond motifs is 1. The smallest absolute Gasteiger partial charge is 0.250 e. The molecule has 0 bridgehead atoms. The summed E-state index contributed by atoms with van der Waals surface area (Å²) in [5.41, 5.74) is 7.63. The highest BCUT2D eigenvalue weighted by Gasteiger charge is 2.06. The molecule has 138 valence electrons. The van der Waals surface area contributed by atoms with Crippen LogP contribution in [0.4, 0.5) is 0 Å². The maximum absolute atomic E-state index is 12.0. The fourth-order valence-electron chi connectivity index (χ4n) is 2.73. The second-order valence-electron chi connectivity index (χ2n) is 6.13. The monoisotopic (exact) mass is 386 g/mol. The number of imidazole rings is 1. The number of para-hydroxylation sites is 2. The summed E-state index contributed by atoms with van der Waals surface area (Å²) in [6, 6.07) is 26.0. The van der Waals surface area contributed by atoms with Crippen LogP contribution in [-0.4, -0.2) is 27.8 Å². The van der Waals surface area contributed by atoms with Crippen LogP contribution in [0.3, 0.4) is 0 Å². The number of rotatable bonds is 6. The number of carbonyl (C=O) groups is 1. The third kappa shape index (κ3) is 4.47. The Labute approximate surface area is 166 Å². The van der Waals surface area contributed by atoms with Gasteiger partial charge in [0.15, 0.2) is 5.16 Å². The molecule has 0 aliphatic rings. The molecule has 0 saturated heterocycles. The van der Waals surface area contributed by atoms with E-state index in [1.807, 2.05) is 66.7 Å². The van der Waals surface area contributed by atoms with Crippen LogP contribution in [0.25, 0.3) is 22.2 Å². The van der Waals surface area contributed by atoms with Crippen molar-refractivity contribution in [2.24, 2.45) is 5.10 Å². The maximum Gasteiger partial charge on any atom is 0.250 e. The third-order valence-corrected chi connectivity index (χ3v) is 5.00. The zero-order valence-corrected chi connectivity index (χ0v) is 15.8. The molecule has 1 heterocycles. The van der Waals surface area contributed by atoms with Gasteiger partial charge in [-0.05, 0) is 28.8 Å². The van der Waals surface area contributed by atoms with Gasteiger partial charge in [0.25, 0.3) is 5.91 Å². The first-order valence-corrected chi connectivity index (χ1v) is 9.81. The molecular weight excluding hydrogens is 368 g/mol. The van der Waals surface area contributed by atoms with E-state index in [1.165, 1.54) is 17.3 Å². The molecule has 5 nitrogen and oxygen atoms in total. The summed E-state index contributed by atoms with van der Waals surface area (Å²) in [5.74, 6) is 0.0620. The van der Waals surface area contributed by atoms with Crippen LogP contribution >= 0.6 is 11.8 Å². The average Bonchev–Trinajstić information content (AvgIpc) is 3.16. The SMILES string of the molecule is O=C(CSc1nc2ccccc2[nH]1)N/N=C\c1ccc(-c2ccccc2)cc1. The van der Waals surface area contributed by atoms with Gasteiger partial charge in [-0.2, -0.15) is 5.10 Å². The molecule has 0 aliphatic carbocycles. The topological polar surface area (TPSA) is 70.1 Å². The van der Waals surface area contributed by atoms with Crippen molar-refractivity contribution in [3.05, 3.63) is 84.4 Å². The Morgan fingerprint density at radius 2 is 1.68 bits per heavy atom. The number of aromatic amines is 1. The summed E-state index contributed by atoms with van der Waals surface area (Å²) < 4.78 is 0. The lowest BCUT2D eigenvalue weighted by atomic mass is 10.0. The summed E-state index contributed by atoms with van der Waals surface area (Å²) in [6.45, 7) is 0. The van der Waals surface area contributed by atoms with Crippen LogP contribution in [0, 0.1) is 0 Å². The first-order valence-electron chi connectivity index (χ1n) is 8.83. The number of nitrogens with one attached hydrogen (secondary N) is 2. The van der Waals surface area contributed by atoms with Crippen molar-refractivity contribution < 1.29 is 4.79 Å². The molecule has 6 heteroatoms. The summed E-state index contributed by atoms with van der Waals surface area (Å²) in [7, 11) is 0. The van der Waals surface area contributed by atoms with E-state index in [-0.39, 0.29) is 11.7 Å². The highest BCUT2D eigenvalue weighted by molar-refractivity contribution is 7.99. The summed E-state index contributed by atoms with van der Waals surface area (Å²) in [5, 5.41) is 4.75. The maximum atomic E-state index is 12.0. The highest BCUT2D eigenvalue weighted by Crippen LogP contribution is 2.19. The zero-order chi connectivity index (χ0) is 19.2. The second kappa shape index (κ2) is 8.54. The number of amides is 1. The van der Waals surface area contributed by atoms with E-state index in [1.54, 1.807) is 6.21 Å². The van der Waals surface area contributed by atoms with Gasteiger partial charge in [0.05, 0.1) is 23.0 Å². The zero-order valence-electron chi connectivity index (χ0n) is 15.0. The van der Waals surface area contributed by atoms with Gasteiger partial charge >= 0.3 is 0 Å². The van der Waals surface area contributed by atoms with Crippen molar-refractivity contribution in [2.45, 2.75) is 5.16 Å². The van der Waals surface area contributed by atoms with E-state index in [9.17, 15) is 4.79 Å². The lowest BCUT2D eigenvalue weighted by Gasteiger charge is -2.02. The van der Waals surface area contributed by atoms with Crippen molar-refractivity contribution >= 4 is 34.9 Å². The molecule has 0 unspecified atom stereocenters. The lowest BCUT2D eigenvalue weighted by molar-refractivity contribution is -0.118. The Morgan fingerprint density at radius 1 is 0.964 bits per heavy atom. The van der Waals surface area contributed by atoms with Crippen LogP contribution in [0.2, 0.25) is 0 Å². The summed E-state index contributed by atoms with van der Waals surface area (Å²) >= 11 is 1.35. The number of benzene rings is 3. The molecule has 0 spiro atoms. The second-order valence-corrected chi connectivity index (χ2v) is 7.09. The minimum absolute atomic E-state index is 0.178. The van der Waals surface area contributed by atoms with Crippen molar-refractivity contribution in [3.8, 4) is 11.1 Å². The third-order valence-electron chi connectivity index (χ3n) is 4.13. The first kappa shape index (κ1) is 18.0. The van der Waals surface area contributed by atoms with Gasteiger partial charge in [0, 0.05) is 0 Å². The average molecular weight is 386 g/mol. The molecule has 3 aromatic carbocycles. The molecular formula is C22H18N4OS. The lowest BCUT2D eigenvalue weighted by Crippen LogP contribution is -2.19. The Bertz CT molecular complexity index is 1070. The van der Waals surface area contributed by atoms with Gasteiger partial charge in [0.2, 0.25) is 0 Å². The molecule has 1 aromatic heterocycles. The van der Waals surface area contributed by atoms with Crippen LogP contribution in [0.1, 0.15) is 5.56 Å². The summed E-state index contributed by atoms with van der Waals surface area (Å²) in [6.07, 6.45) is 1.64. The van der Waals surface area contributed by atoms with E-state index in [0.717, 1.165) is 27.3 Å². The van der Waals surface area contributed by atoms with E-state index in [4.69, 9.17) is 0 Å². The fraction of sp³-hybridized carbons (Fsp3) is 0.0455. The van der Waals surface area contributed by atoms with Gasteiger partial charge < -0.3 is 4.98 Å². The molecule has 0 fully saturated rings. The molecule has 0 saturated carbocycles. The van der Waals surface area contributed by atoms with Gasteiger partial charge in [-0.1, -0.05) is 78.5 Å². The van der Waals surface area contributed by atoms with E-state index in [2.05, 4.69) is 32.6 Å². The molecule has 4 aromatic rings. The van der Waals surface area contributed by atoms with Gasteiger partial charge in [-0.3, -0.25) is 4.79 Å². The van der Waals surface area contributed by atoms with Crippen molar-refractivity contribution in [3.63, 3.8) is 0 Å². The standard InChI is InChI=1S/C22H18N4OS/c27-21(15-28-22-24-19-8-4-5-9-20(19)25-22)26-23-14-16-10-12-18(13-11-16)17-6-2-1-3-7-17/h1-14H,15H2,(H,24,25)(H,26,27)/b23-14-. The molecule has 2 N–H and O–H groups in total. The molecule has 1 amide bonds. The summed E-state index contributed by atoms with van der Waals surface area (Å²) in [4.78, 5) is 19.6. The van der Waals surface area contributed by atoms with E-state index in [0.29, 0.717) is 0 Å². The predicted octanol–water partition coefficient (Wildman–Crippen LogP) is 4.47. The van der Waals surface area contributed by atoms with Gasteiger partial charge in [0.1, 0.15) is 0 Å². The van der Waals surface area contributed by atoms with Gasteiger partial charge in [-0.25, -0.2) is 10.4 Å². The number of hydrazone groups is 1. The quantitative estimate of drug-likeness (QED) is 0.292. The number of thioether (sulfide) groups is 1. The minimum atomic E-state index is -0.178. The van der Waals surface area contributed by atoms with Crippen LogP contribution < -0.4 is 5.43 Å². The van der Waals surface area contributed by atoms with E-state index >= 15 is 0 Å². The van der Waals surface area contributed by atoms with Crippen molar-refractivity contribution in [2.75, 3.05) is 5.75 Å². The van der Waals surface area contributed by atoms with Crippen molar-refractivity contribution in [1.29, 1.82) is 0 Å².